The van der Waals surface area contributed by atoms with Crippen LogP contribution >= 0.6 is 11.6 Å². The molecule has 2 rings (SSSR count). The first-order chi connectivity index (χ1) is 9.65. The number of esters is 1. The zero-order chi connectivity index (χ0) is 14.8. The van der Waals surface area contributed by atoms with Gasteiger partial charge in [0.2, 0.25) is 0 Å². The van der Waals surface area contributed by atoms with Crippen LogP contribution in [0.2, 0.25) is 0 Å². The van der Waals surface area contributed by atoms with Crippen LogP contribution in [0.3, 0.4) is 0 Å². The van der Waals surface area contributed by atoms with Gasteiger partial charge in [-0.2, -0.15) is 0 Å². The molecule has 0 saturated heterocycles. The Labute approximate surface area is 124 Å². The van der Waals surface area contributed by atoms with Crippen molar-refractivity contribution >= 4 is 23.3 Å². The summed E-state index contributed by atoms with van der Waals surface area (Å²) in [5.74, 6) is 0.335. The Kier molecular flexibility index (Phi) is 7.22. The number of rotatable bonds is 3. The molecule has 106 valence electrons. The van der Waals surface area contributed by atoms with Crippen LogP contribution in [0.4, 0.5) is 5.69 Å². The second-order valence-electron chi connectivity index (χ2n) is 4.12. The lowest BCUT2D eigenvalue weighted by atomic mass is 10.2. The monoisotopic (exact) mass is 291 g/mol. The Morgan fingerprint density at radius 2 is 1.75 bits per heavy atom. The molecule has 0 aliphatic rings. The number of carbonyl (C=O) groups excluding carboxylic acids is 1. The molecule has 0 atom stereocenters. The van der Waals surface area contributed by atoms with Crippen molar-refractivity contribution in [2.24, 2.45) is 0 Å². The van der Waals surface area contributed by atoms with E-state index in [0.717, 1.165) is 16.8 Å². The first-order valence-electron chi connectivity index (χ1n) is 6.17. The van der Waals surface area contributed by atoms with Gasteiger partial charge in [-0.15, -0.1) is 11.6 Å². The van der Waals surface area contributed by atoms with Crippen molar-refractivity contribution in [3.8, 4) is 0 Å². The summed E-state index contributed by atoms with van der Waals surface area (Å²) in [7, 11) is 1.39. The molecule has 0 aliphatic carbocycles. The van der Waals surface area contributed by atoms with Gasteiger partial charge in [0.15, 0.2) is 0 Å². The third kappa shape index (κ3) is 6.25. The topological polar surface area (TPSA) is 52.3 Å². The maximum absolute atomic E-state index is 10.8. The van der Waals surface area contributed by atoms with E-state index in [1.807, 2.05) is 54.6 Å². The third-order valence-electron chi connectivity index (χ3n) is 2.52. The molecule has 0 spiro atoms. The number of benzene rings is 2. The van der Waals surface area contributed by atoms with Crippen LogP contribution in [0.1, 0.15) is 11.1 Å². The van der Waals surface area contributed by atoms with E-state index in [-0.39, 0.29) is 5.97 Å². The van der Waals surface area contributed by atoms with Crippen LogP contribution in [-0.4, -0.2) is 13.1 Å². The Bertz CT molecular complexity index is 529. The highest BCUT2D eigenvalue weighted by Crippen LogP contribution is 2.07. The summed E-state index contributed by atoms with van der Waals surface area (Å²) < 4.78 is 4.52. The minimum absolute atomic E-state index is 0.198. The predicted molar refractivity (Wildman–Crippen MR) is 82.6 cm³/mol. The smallest absolute Gasteiger partial charge is 0.309 e. The lowest BCUT2D eigenvalue weighted by Gasteiger charge is -1.97. The van der Waals surface area contributed by atoms with Crippen LogP contribution in [0.15, 0.2) is 54.6 Å². The molecule has 20 heavy (non-hydrogen) atoms. The van der Waals surface area contributed by atoms with Gasteiger partial charge in [-0.25, -0.2) is 0 Å². The van der Waals surface area contributed by atoms with Crippen molar-refractivity contribution < 1.29 is 9.53 Å². The summed E-state index contributed by atoms with van der Waals surface area (Å²) in [6.07, 6.45) is 0.358. The molecule has 4 heteroatoms. The summed E-state index contributed by atoms with van der Waals surface area (Å²) in [6, 6.07) is 17.1. The van der Waals surface area contributed by atoms with Crippen LogP contribution in [0.5, 0.6) is 0 Å². The number of ether oxygens (including phenoxy) is 1. The molecule has 0 aromatic heterocycles. The number of nitrogen functional groups attached to an aromatic ring is 1. The molecule has 2 aromatic rings. The summed E-state index contributed by atoms with van der Waals surface area (Å²) in [6.45, 7) is 0. The fraction of sp³-hybridized carbons (Fsp3) is 0.188. The van der Waals surface area contributed by atoms with Gasteiger partial charge in [0.1, 0.15) is 0 Å². The average Bonchev–Trinajstić information content (AvgIpc) is 2.49. The number of carbonyl (C=O) groups is 1. The summed E-state index contributed by atoms with van der Waals surface area (Å²) in [5, 5.41) is 0. The van der Waals surface area contributed by atoms with Crippen molar-refractivity contribution in [1.29, 1.82) is 0 Å². The molecule has 0 amide bonds. The van der Waals surface area contributed by atoms with Crippen LogP contribution in [0, 0.1) is 0 Å². The number of hydrogen-bond donors (Lipinski definition) is 1. The Balaban J connectivity index is 0.000000204. The van der Waals surface area contributed by atoms with E-state index in [9.17, 15) is 4.79 Å². The summed E-state index contributed by atoms with van der Waals surface area (Å²) in [5.41, 5.74) is 8.30. The SMILES string of the molecule is COC(=O)Cc1ccccc1.Nc1cccc(CCl)c1. The molecule has 0 fully saturated rings. The van der Waals surface area contributed by atoms with Gasteiger partial charge < -0.3 is 10.5 Å². The van der Waals surface area contributed by atoms with Gasteiger partial charge in [-0.1, -0.05) is 42.5 Å². The van der Waals surface area contributed by atoms with E-state index in [1.54, 1.807) is 0 Å². The lowest BCUT2D eigenvalue weighted by Crippen LogP contribution is -2.03. The van der Waals surface area contributed by atoms with Crippen LogP contribution < -0.4 is 5.73 Å². The minimum Gasteiger partial charge on any atom is -0.469 e. The quantitative estimate of drug-likeness (QED) is 0.536. The molecule has 0 radical (unpaired) electrons. The number of alkyl halides is 1. The van der Waals surface area contributed by atoms with Crippen molar-refractivity contribution in [2.45, 2.75) is 12.3 Å². The van der Waals surface area contributed by atoms with Crippen molar-refractivity contribution in [2.75, 3.05) is 12.8 Å². The highest BCUT2D eigenvalue weighted by Gasteiger charge is 1.99. The number of halogens is 1. The molecular weight excluding hydrogens is 274 g/mol. The first-order valence-corrected chi connectivity index (χ1v) is 6.70. The van der Waals surface area contributed by atoms with E-state index >= 15 is 0 Å². The van der Waals surface area contributed by atoms with Crippen molar-refractivity contribution in [3.05, 3.63) is 65.7 Å². The number of methoxy groups -OCH3 is 1. The van der Waals surface area contributed by atoms with Gasteiger partial charge in [-0.05, 0) is 23.3 Å². The highest BCUT2D eigenvalue weighted by molar-refractivity contribution is 6.17. The Morgan fingerprint density at radius 1 is 1.10 bits per heavy atom. The zero-order valence-electron chi connectivity index (χ0n) is 11.4. The fourth-order valence-electron chi connectivity index (χ4n) is 1.51. The molecule has 0 bridgehead atoms. The van der Waals surface area contributed by atoms with E-state index in [4.69, 9.17) is 17.3 Å². The number of nitrogens with two attached hydrogens (primary N) is 1. The van der Waals surface area contributed by atoms with Crippen LogP contribution in [-0.2, 0) is 21.8 Å². The van der Waals surface area contributed by atoms with E-state index in [1.165, 1.54) is 7.11 Å². The molecule has 0 unspecified atom stereocenters. The summed E-state index contributed by atoms with van der Waals surface area (Å²) in [4.78, 5) is 10.8. The van der Waals surface area contributed by atoms with E-state index in [0.29, 0.717) is 12.3 Å². The largest absolute Gasteiger partial charge is 0.469 e. The maximum atomic E-state index is 10.8. The second-order valence-corrected chi connectivity index (χ2v) is 4.38. The zero-order valence-corrected chi connectivity index (χ0v) is 12.1. The molecule has 2 aromatic carbocycles. The molecule has 0 saturated carbocycles. The molecule has 0 heterocycles. The maximum Gasteiger partial charge on any atom is 0.309 e. The second kappa shape index (κ2) is 8.99. The molecule has 2 N–H and O–H groups in total. The fourth-order valence-corrected chi connectivity index (χ4v) is 1.68. The Morgan fingerprint density at radius 3 is 2.25 bits per heavy atom. The van der Waals surface area contributed by atoms with E-state index < -0.39 is 0 Å². The Hall–Kier alpha value is -2.00. The summed E-state index contributed by atoms with van der Waals surface area (Å²) >= 11 is 5.54. The van der Waals surface area contributed by atoms with Gasteiger partial charge in [-0.3, -0.25) is 4.79 Å². The molecule has 3 nitrogen and oxygen atoms in total. The highest BCUT2D eigenvalue weighted by atomic mass is 35.5. The predicted octanol–water partition coefficient (Wildman–Crippen LogP) is 3.41. The molecular formula is C16H18ClNO2. The number of hydrogen-bond acceptors (Lipinski definition) is 3. The van der Waals surface area contributed by atoms with Gasteiger partial charge >= 0.3 is 5.97 Å². The van der Waals surface area contributed by atoms with E-state index in [2.05, 4.69) is 4.74 Å². The average molecular weight is 292 g/mol. The number of anilines is 1. The lowest BCUT2D eigenvalue weighted by molar-refractivity contribution is -0.139. The van der Waals surface area contributed by atoms with Gasteiger partial charge in [0, 0.05) is 11.6 Å². The standard InChI is InChI=1S/C9H10O2.C7H8ClN/c1-11-9(10)7-8-5-3-2-4-6-8;8-5-6-2-1-3-7(9)4-6/h2-6H,7H2,1H3;1-4H,5,9H2. The normalized spacial score (nSPS) is 9.30. The van der Waals surface area contributed by atoms with Crippen molar-refractivity contribution in [1.82, 2.24) is 0 Å². The minimum atomic E-state index is -0.198. The third-order valence-corrected chi connectivity index (χ3v) is 2.83. The van der Waals surface area contributed by atoms with Gasteiger partial charge in [0.25, 0.3) is 0 Å². The first kappa shape index (κ1) is 16.1. The van der Waals surface area contributed by atoms with Crippen molar-refractivity contribution in [3.63, 3.8) is 0 Å². The van der Waals surface area contributed by atoms with Gasteiger partial charge in [0.05, 0.1) is 13.5 Å². The molecule has 0 aliphatic heterocycles. The van der Waals surface area contributed by atoms with Crippen LogP contribution in [0.25, 0.3) is 0 Å².